The number of pyridine rings is 1. The van der Waals surface area contributed by atoms with Crippen LogP contribution in [0.25, 0.3) is 11.3 Å². The van der Waals surface area contributed by atoms with Crippen LogP contribution in [0.2, 0.25) is 0 Å². The van der Waals surface area contributed by atoms with E-state index in [1.54, 1.807) is 24.3 Å². The van der Waals surface area contributed by atoms with Gasteiger partial charge >= 0.3 is 0 Å². The highest BCUT2D eigenvalue weighted by atomic mass is 16.5. The van der Waals surface area contributed by atoms with Crippen LogP contribution in [-0.4, -0.2) is 43.7 Å². The first-order valence-corrected chi connectivity index (χ1v) is 9.01. The molecule has 0 amide bonds. The lowest BCUT2D eigenvalue weighted by Crippen LogP contribution is -2.21. The third kappa shape index (κ3) is 5.60. The molecule has 1 aromatic carbocycles. The number of ether oxygens (including phenoxy) is 2. The highest BCUT2D eigenvalue weighted by Crippen LogP contribution is 2.31. The van der Waals surface area contributed by atoms with Gasteiger partial charge in [0.1, 0.15) is 17.7 Å². The van der Waals surface area contributed by atoms with Crippen LogP contribution in [0.1, 0.15) is 31.9 Å². The first kappa shape index (κ1) is 22.8. The Morgan fingerprint density at radius 2 is 1.57 bits per heavy atom. The molecule has 0 spiro atoms. The van der Waals surface area contributed by atoms with E-state index >= 15 is 0 Å². The Bertz CT molecular complexity index is 913. The third-order valence-electron chi connectivity index (χ3n) is 4.30. The first-order chi connectivity index (χ1) is 13.5. The largest absolute Gasteiger partial charge is 0.493 e. The normalized spacial score (nSPS) is 9.71. The molecule has 148 valence electrons. The van der Waals surface area contributed by atoms with Gasteiger partial charge in [0.2, 0.25) is 0 Å². The maximum Gasteiger partial charge on any atom is 0.267 e. The second kappa shape index (κ2) is 11.4. The summed E-state index contributed by atoms with van der Waals surface area (Å²) < 4.78 is 10.3. The van der Waals surface area contributed by atoms with Gasteiger partial charge in [0.05, 0.1) is 19.8 Å². The Hall–Kier alpha value is -3.29. The molecule has 2 aromatic rings. The topological polar surface area (TPSA) is 102 Å². The smallest absolute Gasteiger partial charge is 0.267 e. The van der Waals surface area contributed by atoms with E-state index in [0.29, 0.717) is 22.8 Å². The molecule has 0 saturated carbocycles. The minimum absolute atomic E-state index is 0.0334. The van der Waals surface area contributed by atoms with Crippen molar-refractivity contribution in [2.24, 2.45) is 0 Å². The molecule has 0 aliphatic rings. The highest BCUT2D eigenvalue weighted by molar-refractivity contribution is 5.66. The summed E-state index contributed by atoms with van der Waals surface area (Å²) in [5, 5.41) is 17.9. The molecule has 0 bridgehead atoms. The van der Waals surface area contributed by atoms with Gasteiger partial charge in [0.15, 0.2) is 11.5 Å². The zero-order valence-corrected chi connectivity index (χ0v) is 17.0. The molecule has 0 atom stereocenters. The van der Waals surface area contributed by atoms with E-state index in [0.717, 1.165) is 0 Å². The number of hydrogen-bond donors (Lipinski definition) is 1. The van der Waals surface area contributed by atoms with E-state index < -0.39 is 5.56 Å². The van der Waals surface area contributed by atoms with Crippen molar-refractivity contribution in [2.45, 2.75) is 20.8 Å². The summed E-state index contributed by atoms with van der Waals surface area (Å²) in [7, 11) is 3.03. The monoisotopic (exact) mass is 382 g/mol. The van der Waals surface area contributed by atoms with Crippen molar-refractivity contribution in [3.8, 4) is 34.9 Å². The van der Waals surface area contributed by atoms with Crippen molar-refractivity contribution in [2.75, 3.05) is 33.9 Å². The van der Waals surface area contributed by atoms with E-state index in [2.05, 4.69) is 30.7 Å². The van der Waals surface area contributed by atoms with Crippen molar-refractivity contribution in [1.29, 1.82) is 10.5 Å². The zero-order valence-electron chi connectivity index (χ0n) is 17.0. The number of aromatic amines is 1. The SMILES string of the molecule is CCN(CC)CC.COc1ccc(-c2cc(C#N)c(C#N)c(=O)[nH]2)cc1OC. The Morgan fingerprint density at radius 1 is 0.964 bits per heavy atom. The Kier molecular flexibility index (Phi) is 9.29. The number of methoxy groups -OCH3 is 2. The molecule has 0 aliphatic heterocycles. The van der Waals surface area contributed by atoms with Gasteiger partial charge < -0.3 is 19.4 Å². The van der Waals surface area contributed by atoms with E-state index in [1.807, 2.05) is 6.07 Å². The van der Waals surface area contributed by atoms with Crippen LogP contribution >= 0.6 is 0 Å². The van der Waals surface area contributed by atoms with Crippen LogP contribution in [-0.2, 0) is 0 Å². The van der Waals surface area contributed by atoms with Gasteiger partial charge in [-0.25, -0.2) is 0 Å². The van der Waals surface area contributed by atoms with Gasteiger partial charge in [0.25, 0.3) is 5.56 Å². The van der Waals surface area contributed by atoms with Crippen molar-refractivity contribution in [3.05, 3.63) is 45.7 Å². The van der Waals surface area contributed by atoms with Gasteiger partial charge in [-0.1, -0.05) is 20.8 Å². The van der Waals surface area contributed by atoms with Crippen LogP contribution in [0.5, 0.6) is 11.5 Å². The predicted octanol–water partition coefficient (Wildman–Crippen LogP) is 3.15. The van der Waals surface area contributed by atoms with Crippen LogP contribution in [0, 0.1) is 22.7 Å². The number of hydrogen-bond acceptors (Lipinski definition) is 6. The average molecular weight is 382 g/mol. The van der Waals surface area contributed by atoms with Crippen LogP contribution < -0.4 is 15.0 Å². The summed E-state index contributed by atoms with van der Waals surface area (Å²) in [6.45, 7) is 10.1. The second-order valence-electron chi connectivity index (χ2n) is 5.71. The lowest BCUT2D eigenvalue weighted by Gasteiger charge is -2.13. The van der Waals surface area contributed by atoms with Crippen molar-refractivity contribution < 1.29 is 9.47 Å². The first-order valence-electron chi connectivity index (χ1n) is 9.01. The minimum Gasteiger partial charge on any atom is -0.493 e. The Morgan fingerprint density at radius 3 is 2.00 bits per heavy atom. The third-order valence-corrected chi connectivity index (χ3v) is 4.30. The molecule has 0 aliphatic carbocycles. The van der Waals surface area contributed by atoms with Gasteiger partial charge in [-0.2, -0.15) is 10.5 Å². The van der Waals surface area contributed by atoms with Gasteiger partial charge in [-0.3, -0.25) is 4.79 Å². The van der Waals surface area contributed by atoms with Crippen molar-refractivity contribution in [1.82, 2.24) is 9.88 Å². The molecular formula is C21H26N4O3. The highest BCUT2D eigenvalue weighted by Gasteiger charge is 2.12. The lowest BCUT2D eigenvalue weighted by atomic mass is 10.1. The molecule has 0 unspecified atom stereocenters. The number of benzene rings is 1. The van der Waals surface area contributed by atoms with Crippen LogP contribution in [0.15, 0.2) is 29.1 Å². The standard InChI is InChI=1S/C15H11N3O3.C6H15N/c1-20-13-4-3-9(6-14(13)21-2)12-5-10(7-16)11(8-17)15(19)18-12;1-4-7(5-2)6-3/h3-6H,1-2H3,(H,18,19);4-6H2,1-3H3. The lowest BCUT2D eigenvalue weighted by molar-refractivity contribution is 0.321. The van der Waals surface area contributed by atoms with E-state index in [9.17, 15) is 4.79 Å². The summed E-state index contributed by atoms with van der Waals surface area (Å²) in [6.07, 6.45) is 0. The van der Waals surface area contributed by atoms with Crippen LogP contribution in [0.3, 0.4) is 0 Å². The van der Waals surface area contributed by atoms with Crippen molar-refractivity contribution in [3.63, 3.8) is 0 Å². The second-order valence-corrected chi connectivity index (χ2v) is 5.71. The van der Waals surface area contributed by atoms with Gasteiger partial charge in [-0.05, 0) is 43.9 Å². The van der Waals surface area contributed by atoms with E-state index in [1.165, 1.54) is 39.9 Å². The number of nitrogens with zero attached hydrogens (tertiary/aromatic N) is 3. The molecule has 0 fully saturated rings. The summed E-state index contributed by atoms with van der Waals surface area (Å²) in [4.78, 5) is 16.8. The summed E-state index contributed by atoms with van der Waals surface area (Å²) >= 11 is 0. The molecule has 1 heterocycles. The summed E-state index contributed by atoms with van der Waals surface area (Å²) in [6, 6.07) is 10.1. The number of H-pyrrole nitrogens is 1. The molecule has 2 rings (SSSR count). The maximum absolute atomic E-state index is 11.8. The van der Waals surface area contributed by atoms with Gasteiger partial charge in [-0.15, -0.1) is 0 Å². The fourth-order valence-corrected chi connectivity index (χ4v) is 2.59. The number of nitriles is 2. The predicted molar refractivity (Wildman–Crippen MR) is 108 cm³/mol. The molecule has 7 heteroatoms. The number of nitrogens with one attached hydrogen (secondary N) is 1. The summed E-state index contributed by atoms with van der Waals surface area (Å²) in [5.74, 6) is 1.05. The molecule has 0 saturated heterocycles. The maximum atomic E-state index is 11.8. The Balaban J connectivity index is 0.000000480. The summed E-state index contributed by atoms with van der Waals surface area (Å²) in [5.41, 5.74) is 0.316. The van der Waals surface area contributed by atoms with Gasteiger partial charge in [0, 0.05) is 11.3 Å². The fraction of sp³-hybridized carbons (Fsp3) is 0.381. The zero-order chi connectivity index (χ0) is 21.1. The van der Waals surface area contributed by atoms with Crippen LogP contribution in [0.4, 0.5) is 0 Å². The molecular weight excluding hydrogens is 356 g/mol. The molecule has 7 nitrogen and oxygen atoms in total. The van der Waals surface area contributed by atoms with E-state index in [-0.39, 0.29) is 11.1 Å². The quantitative estimate of drug-likeness (QED) is 0.823. The van der Waals surface area contributed by atoms with E-state index in [4.69, 9.17) is 20.0 Å². The Labute approximate surface area is 165 Å². The minimum atomic E-state index is -0.596. The fourth-order valence-electron chi connectivity index (χ4n) is 2.59. The number of rotatable bonds is 6. The molecule has 1 aromatic heterocycles. The average Bonchev–Trinajstić information content (AvgIpc) is 2.74. The van der Waals surface area contributed by atoms with Crippen molar-refractivity contribution >= 4 is 0 Å². The number of aromatic nitrogens is 1. The molecule has 28 heavy (non-hydrogen) atoms. The molecule has 0 radical (unpaired) electrons. The molecule has 1 N–H and O–H groups in total.